The van der Waals surface area contributed by atoms with Gasteiger partial charge in [-0.15, -0.1) is 0 Å². The summed E-state index contributed by atoms with van der Waals surface area (Å²) in [4.78, 5) is 4.23. The molecule has 0 fully saturated rings. The summed E-state index contributed by atoms with van der Waals surface area (Å²) in [7, 11) is 1.95. The third-order valence-electron chi connectivity index (χ3n) is 3.10. The molecule has 0 saturated carbocycles. The zero-order chi connectivity index (χ0) is 13.2. The van der Waals surface area contributed by atoms with Crippen molar-refractivity contribution in [3.8, 4) is 0 Å². The molecule has 0 aliphatic rings. The Balaban J connectivity index is 1.92. The Kier molecular flexibility index (Phi) is 3.05. The minimum atomic E-state index is 0.600. The van der Waals surface area contributed by atoms with Gasteiger partial charge in [0.15, 0.2) is 5.82 Å². The lowest BCUT2D eigenvalue weighted by Gasteiger charge is -2.03. The molecule has 98 valence electrons. The second-order valence-corrected chi connectivity index (χ2v) is 4.60. The SMILES string of the molecule is CNCc1ccc2c(ccn2Cc2noc(C)n2)c1. The van der Waals surface area contributed by atoms with Gasteiger partial charge in [-0.3, -0.25) is 0 Å². The Morgan fingerprint density at radius 3 is 2.95 bits per heavy atom. The number of aromatic nitrogens is 3. The van der Waals surface area contributed by atoms with E-state index in [9.17, 15) is 0 Å². The van der Waals surface area contributed by atoms with Gasteiger partial charge in [-0.05, 0) is 36.2 Å². The molecule has 0 saturated heterocycles. The number of nitrogens with zero attached hydrogens (tertiary/aromatic N) is 3. The van der Waals surface area contributed by atoms with Crippen LogP contribution in [0.1, 0.15) is 17.3 Å². The van der Waals surface area contributed by atoms with Gasteiger partial charge in [0.25, 0.3) is 0 Å². The maximum absolute atomic E-state index is 4.99. The van der Waals surface area contributed by atoms with Gasteiger partial charge < -0.3 is 14.4 Å². The Hall–Kier alpha value is -2.14. The molecule has 3 rings (SSSR count). The summed E-state index contributed by atoms with van der Waals surface area (Å²) in [6.07, 6.45) is 2.06. The smallest absolute Gasteiger partial charge is 0.223 e. The molecule has 0 bridgehead atoms. The van der Waals surface area contributed by atoms with Crippen LogP contribution < -0.4 is 5.32 Å². The highest BCUT2D eigenvalue weighted by molar-refractivity contribution is 5.80. The molecular weight excluding hydrogens is 240 g/mol. The van der Waals surface area contributed by atoms with Gasteiger partial charge in [-0.1, -0.05) is 11.2 Å². The standard InChI is InChI=1S/C14H16N4O/c1-10-16-14(17-19-10)9-18-6-5-12-7-11(8-15-2)3-4-13(12)18/h3-7,15H,8-9H2,1-2H3. The quantitative estimate of drug-likeness (QED) is 0.776. The monoisotopic (exact) mass is 256 g/mol. The number of aryl methyl sites for hydroxylation is 1. The molecule has 0 aliphatic heterocycles. The van der Waals surface area contributed by atoms with Gasteiger partial charge >= 0.3 is 0 Å². The van der Waals surface area contributed by atoms with Crippen LogP contribution in [-0.2, 0) is 13.1 Å². The molecule has 2 heterocycles. The van der Waals surface area contributed by atoms with Gasteiger partial charge in [-0.25, -0.2) is 0 Å². The first kappa shape index (κ1) is 11.9. The second-order valence-electron chi connectivity index (χ2n) is 4.60. The van der Waals surface area contributed by atoms with Crippen molar-refractivity contribution >= 4 is 10.9 Å². The molecule has 0 unspecified atom stereocenters. The first-order valence-corrected chi connectivity index (χ1v) is 6.28. The fraction of sp³-hybridized carbons (Fsp3) is 0.286. The van der Waals surface area contributed by atoms with Crippen LogP contribution in [0.5, 0.6) is 0 Å². The average Bonchev–Trinajstić information content (AvgIpc) is 2.97. The molecule has 2 aromatic heterocycles. The Labute approximate surface area is 111 Å². The number of nitrogens with one attached hydrogen (secondary N) is 1. The number of hydrogen-bond acceptors (Lipinski definition) is 4. The van der Waals surface area contributed by atoms with E-state index < -0.39 is 0 Å². The molecule has 0 amide bonds. The molecule has 19 heavy (non-hydrogen) atoms. The van der Waals surface area contributed by atoms with Crippen molar-refractivity contribution in [2.24, 2.45) is 0 Å². The highest BCUT2D eigenvalue weighted by Gasteiger charge is 2.06. The van der Waals surface area contributed by atoms with Crippen LogP contribution in [0.2, 0.25) is 0 Å². The molecule has 0 radical (unpaired) electrons. The van der Waals surface area contributed by atoms with Crippen molar-refractivity contribution in [1.29, 1.82) is 0 Å². The van der Waals surface area contributed by atoms with Crippen molar-refractivity contribution in [3.63, 3.8) is 0 Å². The minimum absolute atomic E-state index is 0.600. The maximum Gasteiger partial charge on any atom is 0.223 e. The lowest BCUT2D eigenvalue weighted by atomic mass is 10.1. The van der Waals surface area contributed by atoms with Crippen molar-refractivity contribution in [2.45, 2.75) is 20.0 Å². The molecular formula is C14H16N4O. The van der Waals surface area contributed by atoms with Crippen LogP contribution in [0.15, 0.2) is 35.0 Å². The second kappa shape index (κ2) is 4.85. The van der Waals surface area contributed by atoms with Crippen LogP contribution in [0, 0.1) is 6.92 Å². The Bertz CT molecular complexity index is 698. The third-order valence-corrected chi connectivity index (χ3v) is 3.10. The normalized spacial score (nSPS) is 11.3. The van der Waals surface area contributed by atoms with Crippen molar-refractivity contribution in [3.05, 3.63) is 47.7 Å². The Morgan fingerprint density at radius 2 is 2.21 bits per heavy atom. The van der Waals surface area contributed by atoms with Crippen molar-refractivity contribution in [2.75, 3.05) is 7.05 Å². The molecule has 0 atom stereocenters. The lowest BCUT2D eigenvalue weighted by Crippen LogP contribution is -2.04. The number of benzene rings is 1. The van der Waals surface area contributed by atoms with Crippen LogP contribution >= 0.6 is 0 Å². The topological polar surface area (TPSA) is 55.9 Å². The molecule has 3 aromatic rings. The van der Waals surface area contributed by atoms with Gasteiger partial charge in [0.05, 0.1) is 6.54 Å². The van der Waals surface area contributed by atoms with Gasteiger partial charge in [0.2, 0.25) is 5.89 Å². The predicted molar refractivity (Wildman–Crippen MR) is 72.8 cm³/mol. The van der Waals surface area contributed by atoms with E-state index in [-0.39, 0.29) is 0 Å². The largest absolute Gasteiger partial charge is 0.340 e. The molecule has 0 spiro atoms. The van der Waals surface area contributed by atoms with Crippen LogP contribution in [0.25, 0.3) is 10.9 Å². The number of fused-ring (bicyclic) bond motifs is 1. The summed E-state index contributed by atoms with van der Waals surface area (Å²) in [5.41, 5.74) is 2.46. The number of rotatable bonds is 4. The van der Waals surface area contributed by atoms with E-state index in [1.54, 1.807) is 6.92 Å². The zero-order valence-electron chi connectivity index (χ0n) is 11.1. The van der Waals surface area contributed by atoms with E-state index in [0.29, 0.717) is 18.3 Å². The third kappa shape index (κ3) is 2.37. The van der Waals surface area contributed by atoms with E-state index in [4.69, 9.17) is 4.52 Å². The summed E-state index contributed by atoms with van der Waals surface area (Å²) in [5, 5.41) is 8.32. The zero-order valence-corrected chi connectivity index (χ0v) is 11.1. The first-order chi connectivity index (χ1) is 9.26. The van der Waals surface area contributed by atoms with E-state index in [2.05, 4.69) is 50.5 Å². The highest BCUT2D eigenvalue weighted by atomic mass is 16.5. The van der Waals surface area contributed by atoms with Crippen LogP contribution in [0.3, 0.4) is 0 Å². The number of hydrogen-bond donors (Lipinski definition) is 1. The van der Waals surface area contributed by atoms with Crippen molar-refractivity contribution in [1.82, 2.24) is 20.0 Å². The fourth-order valence-electron chi connectivity index (χ4n) is 2.26. The average molecular weight is 256 g/mol. The van der Waals surface area contributed by atoms with Crippen LogP contribution in [0.4, 0.5) is 0 Å². The first-order valence-electron chi connectivity index (χ1n) is 6.28. The molecule has 1 N–H and O–H groups in total. The highest BCUT2D eigenvalue weighted by Crippen LogP contribution is 2.18. The van der Waals surface area contributed by atoms with E-state index in [1.807, 2.05) is 7.05 Å². The summed E-state index contributed by atoms with van der Waals surface area (Å²) >= 11 is 0. The molecule has 5 nitrogen and oxygen atoms in total. The fourth-order valence-corrected chi connectivity index (χ4v) is 2.26. The minimum Gasteiger partial charge on any atom is -0.340 e. The van der Waals surface area contributed by atoms with E-state index in [1.165, 1.54) is 16.5 Å². The Morgan fingerprint density at radius 1 is 1.32 bits per heavy atom. The van der Waals surface area contributed by atoms with Gasteiger partial charge in [-0.2, -0.15) is 4.98 Å². The van der Waals surface area contributed by atoms with Gasteiger partial charge in [0.1, 0.15) is 0 Å². The molecule has 1 aromatic carbocycles. The van der Waals surface area contributed by atoms with Gasteiger partial charge in [0, 0.05) is 25.2 Å². The van der Waals surface area contributed by atoms with E-state index >= 15 is 0 Å². The van der Waals surface area contributed by atoms with Crippen LogP contribution in [-0.4, -0.2) is 21.8 Å². The lowest BCUT2D eigenvalue weighted by molar-refractivity contribution is 0.386. The molecule has 5 heteroatoms. The summed E-state index contributed by atoms with van der Waals surface area (Å²) in [6, 6.07) is 8.58. The summed E-state index contributed by atoms with van der Waals surface area (Å²) in [6.45, 7) is 3.31. The summed E-state index contributed by atoms with van der Waals surface area (Å²) < 4.78 is 7.12. The molecule has 0 aliphatic carbocycles. The predicted octanol–water partition coefficient (Wildman–Crippen LogP) is 2.10. The summed E-state index contributed by atoms with van der Waals surface area (Å²) in [5.74, 6) is 1.30. The van der Waals surface area contributed by atoms with Crippen molar-refractivity contribution < 1.29 is 4.52 Å². The van der Waals surface area contributed by atoms with E-state index in [0.717, 1.165) is 6.54 Å². The maximum atomic E-state index is 4.99.